The van der Waals surface area contributed by atoms with E-state index in [1.54, 1.807) is 0 Å². The summed E-state index contributed by atoms with van der Waals surface area (Å²) < 4.78 is 2.69. The summed E-state index contributed by atoms with van der Waals surface area (Å²) in [6.45, 7) is 1.44. The Hall–Kier alpha value is 0.930. The lowest BCUT2D eigenvalue weighted by atomic mass is 9.98. The molecule has 2 fully saturated rings. The quantitative estimate of drug-likeness (QED) is 0.380. The van der Waals surface area contributed by atoms with Crippen LogP contribution in [0.2, 0.25) is 0 Å². The lowest BCUT2D eigenvalue weighted by molar-refractivity contribution is -0.160. The number of ether oxygens (including phenoxy) is 1. The van der Waals surface area contributed by atoms with Gasteiger partial charge in [0.15, 0.2) is 0 Å². The summed E-state index contributed by atoms with van der Waals surface area (Å²) >= 11 is 27.4. The zero-order valence-corrected chi connectivity index (χ0v) is 15.5. The van der Waals surface area contributed by atoms with Crippen LogP contribution >= 0.6 is 74.1 Å². The van der Waals surface area contributed by atoms with Crippen molar-refractivity contribution in [1.29, 1.82) is 0 Å². The van der Waals surface area contributed by atoms with Gasteiger partial charge in [0.2, 0.25) is 9.70 Å². The van der Waals surface area contributed by atoms with Crippen LogP contribution in [-0.2, 0) is 14.3 Å². The number of halogens is 5. The second-order valence-electron chi connectivity index (χ2n) is 4.73. The zero-order chi connectivity index (χ0) is 15.3. The number of alkyl halides is 5. The molecule has 0 aromatic carbocycles. The normalized spacial score (nSPS) is 36.6. The molecule has 20 heavy (non-hydrogen) atoms. The van der Waals surface area contributed by atoms with Crippen molar-refractivity contribution in [3.05, 3.63) is 0 Å². The molecular formula is C10H10BrCl4NO3S. The van der Waals surface area contributed by atoms with E-state index in [9.17, 15) is 9.59 Å². The molecule has 1 unspecified atom stereocenters. The first kappa shape index (κ1) is 17.3. The minimum atomic E-state index is -1.69. The van der Waals surface area contributed by atoms with Gasteiger partial charge in [-0.25, -0.2) is 4.79 Å². The van der Waals surface area contributed by atoms with Crippen molar-refractivity contribution in [3.63, 3.8) is 0 Å². The van der Waals surface area contributed by atoms with Gasteiger partial charge in [0.1, 0.15) is 22.8 Å². The molecule has 2 saturated heterocycles. The molecule has 0 saturated carbocycles. The number of amides is 1. The third-order valence-electron chi connectivity index (χ3n) is 3.13. The van der Waals surface area contributed by atoms with Crippen molar-refractivity contribution in [2.45, 2.75) is 31.7 Å². The Bertz CT molecular complexity index is 449. The van der Waals surface area contributed by atoms with Crippen molar-refractivity contribution in [1.82, 2.24) is 4.90 Å². The largest absolute Gasteiger partial charge is 0.460 e. The van der Waals surface area contributed by atoms with Crippen LogP contribution in [0.1, 0.15) is 6.92 Å². The maximum atomic E-state index is 12.2. The molecule has 2 heterocycles. The van der Waals surface area contributed by atoms with Crippen molar-refractivity contribution in [2.75, 3.05) is 12.5 Å². The van der Waals surface area contributed by atoms with Crippen LogP contribution in [-0.4, -0.2) is 54.0 Å². The maximum Gasteiger partial charge on any atom is 0.330 e. The fourth-order valence-electron chi connectivity index (χ4n) is 2.17. The average molecular weight is 446 g/mol. The molecule has 2 rings (SSSR count). The van der Waals surface area contributed by atoms with Gasteiger partial charge in [-0.1, -0.05) is 50.7 Å². The molecule has 4 atom stereocenters. The zero-order valence-electron chi connectivity index (χ0n) is 10.1. The molecular weight excluding hydrogens is 436 g/mol. The molecule has 2 aliphatic heterocycles. The second kappa shape index (κ2) is 5.85. The standard InChI is InChI=1S/C10H10BrCl4NO3S/c1-9(2-12)5(8(18)19-3-10(13,14)15)16-6(17)4(11)7(16)20-9/h4-5,7H,2-3H2,1H3/t4-,5?,7+,9-/m0/s1. The topological polar surface area (TPSA) is 46.6 Å². The van der Waals surface area contributed by atoms with Crippen molar-refractivity contribution in [2.24, 2.45) is 0 Å². The summed E-state index contributed by atoms with van der Waals surface area (Å²) in [6.07, 6.45) is 0. The smallest absolute Gasteiger partial charge is 0.330 e. The minimum Gasteiger partial charge on any atom is -0.460 e. The number of esters is 1. The Morgan fingerprint density at radius 1 is 1.55 bits per heavy atom. The number of hydrogen-bond acceptors (Lipinski definition) is 4. The van der Waals surface area contributed by atoms with Gasteiger partial charge in [-0.15, -0.1) is 23.4 Å². The highest BCUT2D eigenvalue weighted by Gasteiger charge is 2.64. The first-order valence-corrected chi connectivity index (χ1v) is 9.00. The average Bonchev–Trinajstić information content (AvgIpc) is 2.66. The molecule has 0 aromatic rings. The number of nitrogens with zero attached hydrogens (tertiary/aromatic N) is 1. The first-order chi connectivity index (χ1) is 9.10. The van der Waals surface area contributed by atoms with Crippen LogP contribution in [0.15, 0.2) is 0 Å². The Labute approximate surface area is 148 Å². The molecule has 0 radical (unpaired) electrons. The van der Waals surface area contributed by atoms with Crippen LogP contribution in [0.5, 0.6) is 0 Å². The highest BCUT2D eigenvalue weighted by atomic mass is 79.9. The summed E-state index contributed by atoms with van der Waals surface area (Å²) in [7, 11) is 0. The van der Waals surface area contributed by atoms with Crippen molar-refractivity contribution >= 4 is 86.0 Å². The molecule has 0 N–H and O–H groups in total. The predicted molar refractivity (Wildman–Crippen MR) is 85.1 cm³/mol. The summed E-state index contributed by atoms with van der Waals surface area (Å²) in [4.78, 5) is 25.3. The van der Waals surface area contributed by atoms with Crippen LogP contribution in [0.3, 0.4) is 0 Å². The number of fused-ring (bicyclic) bond motifs is 1. The second-order valence-corrected chi connectivity index (χ2v) is 10.1. The molecule has 114 valence electrons. The van der Waals surface area contributed by atoms with Gasteiger partial charge in [0.25, 0.3) is 0 Å². The Morgan fingerprint density at radius 3 is 2.65 bits per heavy atom. The number of rotatable bonds is 3. The summed E-state index contributed by atoms with van der Waals surface area (Å²) in [5, 5.41) is -0.128. The molecule has 0 aromatic heterocycles. The van der Waals surface area contributed by atoms with E-state index in [2.05, 4.69) is 15.9 Å². The number of carbonyl (C=O) groups excluding carboxylic acids is 2. The van der Waals surface area contributed by atoms with E-state index < -0.39 is 20.6 Å². The van der Waals surface area contributed by atoms with Gasteiger partial charge in [0.05, 0.1) is 4.75 Å². The summed E-state index contributed by atoms with van der Waals surface area (Å²) in [6, 6.07) is -0.774. The fourth-order valence-corrected chi connectivity index (χ4v) is 5.02. The van der Waals surface area contributed by atoms with E-state index in [1.807, 2.05) is 6.92 Å². The molecule has 0 spiro atoms. The first-order valence-electron chi connectivity index (χ1n) is 5.54. The molecule has 2 aliphatic rings. The number of carbonyl (C=O) groups is 2. The minimum absolute atomic E-state index is 0.128. The summed E-state index contributed by atoms with van der Waals surface area (Å²) in [5.41, 5.74) is 0. The number of thioether (sulfide) groups is 1. The SMILES string of the molecule is C[C@@]1(CCl)S[C@@H]2[C@@H](Br)C(=O)N2C1C(=O)OCC(Cl)(Cl)Cl. The molecule has 0 bridgehead atoms. The molecule has 10 heteroatoms. The van der Waals surface area contributed by atoms with Gasteiger partial charge in [-0.05, 0) is 6.92 Å². The lowest BCUT2D eigenvalue weighted by Gasteiger charge is -2.41. The lowest BCUT2D eigenvalue weighted by Crippen LogP contribution is -2.64. The molecule has 1 amide bonds. The van der Waals surface area contributed by atoms with E-state index >= 15 is 0 Å². The van der Waals surface area contributed by atoms with Gasteiger partial charge >= 0.3 is 5.97 Å². The van der Waals surface area contributed by atoms with Crippen LogP contribution < -0.4 is 0 Å². The summed E-state index contributed by atoms with van der Waals surface area (Å²) in [5.74, 6) is -0.569. The van der Waals surface area contributed by atoms with Gasteiger partial charge < -0.3 is 9.64 Å². The predicted octanol–water partition coefficient (Wildman–Crippen LogP) is 2.94. The Kier molecular flexibility index (Phi) is 5.06. The van der Waals surface area contributed by atoms with E-state index in [4.69, 9.17) is 51.1 Å². The monoisotopic (exact) mass is 443 g/mol. The van der Waals surface area contributed by atoms with E-state index in [1.165, 1.54) is 16.7 Å². The van der Waals surface area contributed by atoms with E-state index in [0.717, 1.165) is 0 Å². The van der Waals surface area contributed by atoms with Crippen LogP contribution in [0.4, 0.5) is 0 Å². The van der Waals surface area contributed by atoms with Gasteiger partial charge in [-0.3, -0.25) is 4.79 Å². The van der Waals surface area contributed by atoms with Crippen molar-refractivity contribution in [3.8, 4) is 0 Å². The fraction of sp³-hybridized carbons (Fsp3) is 0.800. The maximum absolute atomic E-state index is 12.2. The van der Waals surface area contributed by atoms with E-state index in [0.29, 0.717) is 0 Å². The Balaban J connectivity index is 2.15. The molecule has 4 nitrogen and oxygen atoms in total. The third kappa shape index (κ3) is 3.01. The van der Waals surface area contributed by atoms with E-state index in [-0.39, 0.29) is 28.6 Å². The van der Waals surface area contributed by atoms with Gasteiger partial charge in [-0.2, -0.15) is 0 Å². The number of β-lactam (4-membered cyclic amide) rings is 1. The highest BCUT2D eigenvalue weighted by Crippen LogP contribution is 2.53. The van der Waals surface area contributed by atoms with Crippen LogP contribution in [0.25, 0.3) is 0 Å². The van der Waals surface area contributed by atoms with Crippen molar-refractivity contribution < 1.29 is 14.3 Å². The third-order valence-corrected chi connectivity index (χ3v) is 7.06. The molecule has 0 aliphatic carbocycles. The highest BCUT2D eigenvalue weighted by molar-refractivity contribution is 9.10. The number of hydrogen-bond donors (Lipinski definition) is 0. The Morgan fingerprint density at radius 2 is 2.15 bits per heavy atom. The van der Waals surface area contributed by atoms with Crippen LogP contribution in [0, 0.1) is 0 Å². The van der Waals surface area contributed by atoms with Gasteiger partial charge in [0, 0.05) is 5.88 Å².